The van der Waals surface area contributed by atoms with E-state index >= 15 is 0 Å². The molecule has 0 aliphatic rings. The van der Waals surface area contributed by atoms with E-state index < -0.39 is 0 Å². The number of hydrogen-bond acceptors (Lipinski definition) is 1. The van der Waals surface area contributed by atoms with Crippen LogP contribution in [0.25, 0.3) is 10.9 Å². The Labute approximate surface area is 87.5 Å². The molecular formula is C9H10Cl2N2. The van der Waals surface area contributed by atoms with Gasteiger partial charge in [-0.05, 0) is 24.3 Å². The molecule has 0 saturated heterocycles. The number of nitrogens with one attached hydrogen (secondary N) is 1. The topological polar surface area (TPSA) is 41.8 Å². The zero-order chi connectivity index (χ0) is 8.55. The van der Waals surface area contributed by atoms with Crippen molar-refractivity contribution < 1.29 is 0 Å². The van der Waals surface area contributed by atoms with Gasteiger partial charge in [-0.3, -0.25) is 0 Å². The zero-order valence-electron chi connectivity index (χ0n) is 6.88. The van der Waals surface area contributed by atoms with Gasteiger partial charge >= 0.3 is 0 Å². The van der Waals surface area contributed by atoms with Gasteiger partial charge in [0.2, 0.25) is 0 Å². The molecule has 0 fully saturated rings. The van der Waals surface area contributed by atoms with Gasteiger partial charge in [0.15, 0.2) is 0 Å². The largest absolute Gasteiger partial charge is 0.357 e. The Hall–Kier alpha value is -0.700. The fourth-order valence-corrected chi connectivity index (χ4v) is 1.45. The smallest absolute Gasteiger partial charge is 0.0457 e. The van der Waals surface area contributed by atoms with Crippen LogP contribution in [0.15, 0.2) is 24.3 Å². The van der Waals surface area contributed by atoms with Crippen molar-refractivity contribution in [1.29, 1.82) is 0 Å². The van der Waals surface area contributed by atoms with Gasteiger partial charge in [-0.25, -0.2) is 0 Å². The number of H-pyrrole nitrogens is 1. The number of aromatic nitrogens is 1. The fraction of sp³-hybridized carbons (Fsp3) is 0.111. The number of hydrogen-bond donors (Lipinski definition) is 2. The predicted octanol–water partition coefficient (Wildman–Crippen LogP) is 2.70. The molecule has 1 aromatic carbocycles. The Morgan fingerprint density at radius 3 is 2.77 bits per heavy atom. The number of nitrogens with two attached hydrogens (primary N) is 1. The summed E-state index contributed by atoms with van der Waals surface area (Å²) in [6.45, 7) is 0.534. The maximum atomic E-state index is 5.83. The first-order valence-electron chi connectivity index (χ1n) is 3.77. The summed E-state index contributed by atoms with van der Waals surface area (Å²) < 4.78 is 0. The van der Waals surface area contributed by atoms with Gasteiger partial charge in [0, 0.05) is 28.2 Å². The maximum Gasteiger partial charge on any atom is 0.0457 e. The minimum atomic E-state index is 0. The molecular weight excluding hydrogens is 207 g/mol. The molecule has 0 saturated carbocycles. The van der Waals surface area contributed by atoms with Crippen molar-refractivity contribution in [2.75, 3.05) is 0 Å². The van der Waals surface area contributed by atoms with Crippen molar-refractivity contribution in [2.24, 2.45) is 5.73 Å². The molecule has 70 valence electrons. The van der Waals surface area contributed by atoms with Crippen LogP contribution in [0.3, 0.4) is 0 Å². The van der Waals surface area contributed by atoms with Crippen molar-refractivity contribution in [1.82, 2.24) is 4.98 Å². The average molecular weight is 217 g/mol. The van der Waals surface area contributed by atoms with Gasteiger partial charge in [0.25, 0.3) is 0 Å². The highest BCUT2D eigenvalue weighted by Gasteiger charge is 1.98. The van der Waals surface area contributed by atoms with Gasteiger partial charge in [-0.1, -0.05) is 11.6 Å². The van der Waals surface area contributed by atoms with Crippen LogP contribution in [0.5, 0.6) is 0 Å². The normalized spacial score (nSPS) is 10.0. The molecule has 0 radical (unpaired) electrons. The number of benzene rings is 1. The molecule has 3 N–H and O–H groups in total. The lowest BCUT2D eigenvalue weighted by Crippen LogP contribution is -1.94. The lowest BCUT2D eigenvalue weighted by Gasteiger charge is -1.88. The monoisotopic (exact) mass is 216 g/mol. The standard InChI is InChI=1S/C9H9ClN2.ClH/c10-7-1-2-9-6(3-7)4-8(5-11)12-9;/h1-4,12H,5,11H2;1H. The summed E-state index contributed by atoms with van der Waals surface area (Å²) in [4.78, 5) is 3.19. The quantitative estimate of drug-likeness (QED) is 0.757. The average Bonchev–Trinajstić information content (AvgIpc) is 2.46. The third kappa shape index (κ3) is 1.97. The Bertz CT molecular complexity index is 409. The van der Waals surface area contributed by atoms with Gasteiger partial charge in [0.1, 0.15) is 0 Å². The van der Waals surface area contributed by atoms with E-state index in [0.717, 1.165) is 21.6 Å². The molecule has 0 aliphatic carbocycles. The van der Waals surface area contributed by atoms with Crippen LogP contribution in [0.4, 0.5) is 0 Å². The van der Waals surface area contributed by atoms with Crippen LogP contribution in [-0.4, -0.2) is 4.98 Å². The lowest BCUT2D eigenvalue weighted by molar-refractivity contribution is 1.02. The first-order chi connectivity index (χ1) is 5.79. The van der Waals surface area contributed by atoms with Crippen molar-refractivity contribution in [2.45, 2.75) is 6.54 Å². The lowest BCUT2D eigenvalue weighted by atomic mass is 10.2. The predicted molar refractivity (Wildman–Crippen MR) is 58.4 cm³/mol. The van der Waals surface area contributed by atoms with Gasteiger partial charge < -0.3 is 10.7 Å². The molecule has 2 nitrogen and oxygen atoms in total. The molecule has 0 unspecified atom stereocenters. The van der Waals surface area contributed by atoms with Gasteiger partial charge in [-0.15, -0.1) is 12.4 Å². The SMILES string of the molecule is Cl.NCc1cc2cc(Cl)ccc2[nH]1. The summed E-state index contributed by atoms with van der Waals surface area (Å²) in [5, 5.41) is 1.87. The molecule has 13 heavy (non-hydrogen) atoms. The third-order valence-electron chi connectivity index (χ3n) is 1.86. The molecule has 1 heterocycles. The number of aromatic amines is 1. The zero-order valence-corrected chi connectivity index (χ0v) is 8.45. The highest BCUT2D eigenvalue weighted by molar-refractivity contribution is 6.31. The van der Waals surface area contributed by atoms with Gasteiger partial charge in [0.05, 0.1) is 0 Å². The van der Waals surface area contributed by atoms with Crippen molar-refractivity contribution in [3.63, 3.8) is 0 Å². The molecule has 4 heteroatoms. The van der Waals surface area contributed by atoms with Crippen molar-refractivity contribution >= 4 is 34.9 Å². The van der Waals surface area contributed by atoms with Crippen LogP contribution < -0.4 is 5.73 Å². The number of fused-ring (bicyclic) bond motifs is 1. The second kappa shape index (κ2) is 4.01. The highest BCUT2D eigenvalue weighted by Crippen LogP contribution is 2.19. The second-order valence-electron chi connectivity index (χ2n) is 2.73. The molecule has 0 aliphatic heterocycles. The van der Waals surface area contributed by atoms with Crippen LogP contribution in [0.1, 0.15) is 5.69 Å². The van der Waals surface area contributed by atoms with E-state index in [-0.39, 0.29) is 12.4 Å². The summed E-state index contributed by atoms with van der Waals surface area (Å²) in [5.41, 5.74) is 7.61. The van der Waals surface area contributed by atoms with Crippen molar-refractivity contribution in [3.8, 4) is 0 Å². The Kier molecular flexibility index (Phi) is 3.20. The highest BCUT2D eigenvalue weighted by atomic mass is 35.5. The first-order valence-corrected chi connectivity index (χ1v) is 4.14. The summed E-state index contributed by atoms with van der Waals surface area (Å²) in [6.07, 6.45) is 0. The van der Waals surface area contributed by atoms with Crippen LogP contribution in [-0.2, 0) is 6.54 Å². The Balaban J connectivity index is 0.000000845. The van der Waals surface area contributed by atoms with Crippen LogP contribution in [0.2, 0.25) is 5.02 Å². The Morgan fingerprint density at radius 1 is 1.31 bits per heavy atom. The number of rotatable bonds is 1. The van der Waals surface area contributed by atoms with E-state index in [0.29, 0.717) is 6.54 Å². The van der Waals surface area contributed by atoms with E-state index in [9.17, 15) is 0 Å². The minimum absolute atomic E-state index is 0. The van der Waals surface area contributed by atoms with E-state index in [2.05, 4.69) is 4.98 Å². The maximum absolute atomic E-state index is 5.83. The summed E-state index contributed by atoms with van der Waals surface area (Å²) in [6, 6.07) is 7.76. The van der Waals surface area contributed by atoms with Gasteiger partial charge in [-0.2, -0.15) is 0 Å². The first kappa shape index (κ1) is 10.4. The van der Waals surface area contributed by atoms with E-state index in [1.807, 2.05) is 24.3 Å². The van der Waals surface area contributed by atoms with E-state index in [4.69, 9.17) is 17.3 Å². The molecule has 2 aromatic rings. The van der Waals surface area contributed by atoms with Crippen LogP contribution >= 0.6 is 24.0 Å². The fourth-order valence-electron chi connectivity index (χ4n) is 1.27. The van der Waals surface area contributed by atoms with Crippen molar-refractivity contribution in [3.05, 3.63) is 35.0 Å². The summed E-state index contributed by atoms with van der Waals surface area (Å²) in [7, 11) is 0. The molecule has 0 atom stereocenters. The molecule has 2 rings (SSSR count). The molecule has 0 bridgehead atoms. The minimum Gasteiger partial charge on any atom is -0.357 e. The second-order valence-corrected chi connectivity index (χ2v) is 3.17. The molecule has 0 spiro atoms. The van der Waals surface area contributed by atoms with E-state index in [1.165, 1.54) is 0 Å². The summed E-state index contributed by atoms with van der Waals surface area (Å²) in [5.74, 6) is 0. The summed E-state index contributed by atoms with van der Waals surface area (Å²) >= 11 is 5.83. The molecule has 1 aromatic heterocycles. The van der Waals surface area contributed by atoms with E-state index in [1.54, 1.807) is 0 Å². The third-order valence-corrected chi connectivity index (χ3v) is 2.09. The molecule has 0 amide bonds. The Morgan fingerprint density at radius 2 is 2.08 bits per heavy atom. The number of halogens is 2. The van der Waals surface area contributed by atoms with Crippen LogP contribution in [0, 0.1) is 0 Å².